The largest absolute Gasteiger partial charge is 0.457 e. The molecule has 194 valence electrons. The summed E-state index contributed by atoms with van der Waals surface area (Å²) in [7, 11) is 0. The van der Waals surface area contributed by atoms with Gasteiger partial charge in [-0.2, -0.15) is 5.26 Å². The molecule has 1 aliphatic heterocycles. The molecule has 3 aliphatic rings. The number of para-hydroxylation sites is 1. The monoisotopic (exact) mass is 525 g/mol. The van der Waals surface area contributed by atoms with E-state index in [9.17, 15) is 5.26 Å². The van der Waals surface area contributed by atoms with Crippen LogP contribution in [0.3, 0.4) is 0 Å². The van der Waals surface area contributed by atoms with Gasteiger partial charge in [0.2, 0.25) is 0 Å². The molecular weight excluding hydrogens is 498 g/mol. The van der Waals surface area contributed by atoms with Crippen LogP contribution in [0.1, 0.15) is 41.2 Å². The van der Waals surface area contributed by atoms with Gasteiger partial charge < -0.3 is 4.74 Å². The van der Waals surface area contributed by atoms with E-state index in [1.165, 1.54) is 44.5 Å². The molecule has 1 unspecified atom stereocenters. The highest BCUT2D eigenvalue weighted by molar-refractivity contribution is 5.88. The van der Waals surface area contributed by atoms with Crippen molar-refractivity contribution in [2.24, 2.45) is 5.92 Å². The zero-order valence-corrected chi connectivity index (χ0v) is 22.8. The Morgan fingerprint density at radius 2 is 1.32 bits per heavy atom. The first-order valence-corrected chi connectivity index (χ1v) is 14.2. The van der Waals surface area contributed by atoms with Crippen LogP contribution >= 0.6 is 0 Å². The van der Waals surface area contributed by atoms with Crippen LogP contribution in [0.2, 0.25) is 0 Å². The number of benzene rings is 5. The predicted molar refractivity (Wildman–Crippen MR) is 164 cm³/mol. The van der Waals surface area contributed by atoms with Gasteiger partial charge in [-0.05, 0) is 86.7 Å². The second kappa shape index (κ2) is 8.95. The Hall–Kier alpha value is -5.13. The van der Waals surface area contributed by atoms with Crippen LogP contribution < -0.4 is 4.74 Å². The normalized spacial score (nSPS) is 17.5. The summed E-state index contributed by atoms with van der Waals surface area (Å²) in [6.07, 6.45) is 3.19. The van der Waals surface area contributed by atoms with Gasteiger partial charge in [-0.15, -0.1) is 0 Å². The SMILES string of the molecule is CC1CC2=C(C=C1c1ccc(-c3cccc(C#N)c3)cc1)Oc1ccccc1C21c2ccccc2-c2ccccc21. The van der Waals surface area contributed by atoms with Crippen LogP contribution in [-0.4, -0.2) is 0 Å². The third-order valence-corrected chi connectivity index (χ3v) is 9.08. The zero-order chi connectivity index (χ0) is 27.6. The van der Waals surface area contributed by atoms with Gasteiger partial charge in [-0.25, -0.2) is 0 Å². The number of nitrogens with zero attached hydrogens (tertiary/aromatic N) is 1. The molecule has 0 saturated carbocycles. The van der Waals surface area contributed by atoms with Crippen molar-refractivity contribution in [1.82, 2.24) is 0 Å². The van der Waals surface area contributed by atoms with Gasteiger partial charge in [-0.3, -0.25) is 0 Å². The molecule has 0 saturated heterocycles. The second-order valence-electron chi connectivity index (χ2n) is 11.3. The smallest absolute Gasteiger partial charge is 0.132 e. The van der Waals surface area contributed by atoms with Crippen LogP contribution in [-0.2, 0) is 5.41 Å². The van der Waals surface area contributed by atoms with Crippen LogP contribution in [0.15, 0.2) is 139 Å². The number of fused-ring (bicyclic) bond motifs is 8. The number of rotatable bonds is 2. The van der Waals surface area contributed by atoms with Crippen molar-refractivity contribution in [3.8, 4) is 34.1 Å². The zero-order valence-electron chi connectivity index (χ0n) is 22.8. The Morgan fingerprint density at radius 3 is 2.02 bits per heavy atom. The van der Waals surface area contributed by atoms with Crippen LogP contribution in [0, 0.1) is 17.2 Å². The number of allylic oxidation sites excluding steroid dienone is 3. The van der Waals surface area contributed by atoms with Gasteiger partial charge in [0, 0.05) is 5.56 Å². The fourth-order valence-electron chi connectivity index (χ4n) is 7.30. The number of nitriles is 1. The summed E-state index contributed by atoms with van der Waals surface area (Å²) in [6, 6.07) is 45.1. The molecule has 1 heterocycles. The Balaban J connectivity index is 1.30. The second-order valence-corrected chi connectivity index (χ2v) is 11.3. The van der Waals surface area contributed by atoms with Crippen LogP contribution in [0.5, 0.6) is 5.75 Å². The lowest BCUT2D eigenvalue weighted by atomic mass is 9.62. The molecular formula is C39H27NO. The molecule has 0 aromatic heterocycles. The van der Waals surface area contributed by atoms with E-state index in [0.717, 1.165) is 29.1 Å². The quantitative estimate of drug-likeness (QED) is 0.230. The minimum atomic E-state index is -0.372. The highest BCUT2D eigenvalue weighted by Gasteiger charge is 2.52. The van der Waals surface area contributed by atoms with Crippen molar-refractivity contribution in [2.45, 2.75) is 18.8 Å². The lowest BCUT2D eigenvalue weighted by molar-refractivity contribution is 0.383. The summed E-state index contributed by atoms with van der Waals surface area (Å²) in [5, 5.41) is 9.32. The average molecular weight is 526 g/mol. The Kier molecular flexibility index (Phi) is 5.18. The first-order valence-electron chi connectivity index (χ1n) is 14.2. The van der Waals surface area contributed by atoms with E-state index in [0.29, 0.717) is 11.5 Å². The molecule has 5 aromatic rings. The van der Waals surface area contributed by atoms with Crippen molar-refractivity contribution >= 4 is 5.57 Å². The summed E-state index contributed by atoms with van der Waals surface area (Å²) >= 11 is 0. The highest BCUT2D eigenvalue weighted by Crippen LogP contribution is 2.62. The number of hydrogen-bond acceptors (Lipinski definition) is 2. The maximum absolute atomic E-state index is 9.32. The fourth-order valence-corrected chi connectivity index (χ4v) is 7.30. The van der Waals surface area contributed by atoms with Crippen molar-refractivity contribution in [2.75, 3.05) is 0 Å². The van der Waals surface area contributed by atoms with Crippen molar-refractivity contribution in [1.29, 1.82) is 5.26 Å². The summed E-state index contributed by atoms with van der Waals surface area (Å²) in [4.78, 5) is 0. The summed E-state index contributed by atoms with van der Waals surface area (Å²) in [6.45, 7) is 2.33. The van der Waals surface area contributed by atoms with Gasteiger partial charge >= 0.3 is 0 Å². The molecule has 5 aromatic carbocycles. The molecule has 0 amide bonds. The molecule has 1 atom stereocenters. The minimum absolute atomic E-state index is 0.312. The lowest BCUT2D eigenvalue weighted by Crippen LogP contribution is -2.36. The van der Waals surface area contributed by atoms with E-state index in [1.54, 1.807) is 0 Å². The summed E-state index contributed by atoms with van der Waals surface area (Å²) < 4.78 is 6.74. The molecule has 0 radical (unpaired) electrons. The van der Waals surface area contributed by atoms with Gasteiger partial charge in [-0.1, -0.05) is 110 Å². The predicted octanol–water partition coefficient (Wildman–Crippen LogP) is 9.31. The maximum atomic E-state index is 9.32. The molecule has 2 heteroatoms. The molecule has 0 bridgehead atoms. The van der Waals surface area contributed by atoms with Gasteiger partial charge in [0.15, 0.2) is 0 Å². The molecule has 0 N–H and O–H groups in total. The molecule has 0 fully saturated rings. The van der Waals surface area contributed by atoms with E-state index in [4.69, 9.17) is 4.74 Å². The van der Waals surface area contributed by atoms with E-state index in [-0.39, 0.29) is 5.41 Å². The Morgan fingerprint density at radius 1 is 0.683 bits per heavy atom. The third kappa shape index (κ3) is 3.36. The number of hydrogen-bond donors (Lipinski definition) is 0. The maximum Gasteiger partial charge on any atom is 0.132 e. The molecule has 1 spiro atoms. The van der Waals surface area contributed by atoms with Gasteiger partial charge in [0.05, 0.1) is 17.0 Å². The topological polar surface area (TPSA) is 33.0 Å². The summed E-state index contributed by atoms with van der Waals surface area (Å²) in [5.74, 6) is 2.21. The van der Waals surface area contributed by atoms with Crippen LogP contribution in [0.4, 0.5) is 0 Å². The number of ether oxygens (including phenoxy) is 1. The van der Waals surface area contributed by atoms with Crippen molar-refractivity contribution in [3.63, 3.8) is 0 Å². The highest BCUT2D eigenvalue weighted by atomic mass is 16.5. The molecule has 2 aliphatic carbocycles. The van der Waals surface area contributed by atoms with Crippen molar-refractivity contribution < 1.29 is 4.74 Å². The van der Waals surface area contributed by atoms with Crippen molar-refractivity contribution in [3.05, 3.63) is 167 Å². The Bertz CT molecular complexity index is 1920. The standard InChI is InChI=1S/C39H27NO/c1-25-21-36-38(23-32(25)28-19-17-27(18-20-28)29-10-8-9-26(22-29)24-40)41-37-16-7-6-15-35(37)39(36)33-13-4-2-11-30(33)31-12-3-5-14-34(31)39/h2-20,22-23,25H,21H2,1H3. The lowest BCUT2D eigenvalue weighted by Gasteiger charge is -2.43. The first-order chi connectivity index (χ1) is 20.2. The average Bonchev–Trinajstić information content (AvgIpc) is 3.32. The third-order valence-electron chi connectivity index (χ3n) is 9.08. The molecule has 2 nitrogen and oxygen atoms in total. The summed E-state index contributed by atoms with van der Waals surface area (Å²) in [5.41, 5.74) is 12.8. The van der Waals surface area contributed by atoms with Crippen LogP contribution in [0.25, 0.3) is 27.8 Å². The van der Waals surface area contributed by atoms with Gasteiger partial charge in [0.1, 0.15) is 11.5 Å². The van der Waals surface area contributed by atoms with E-state index >= 15 is 0 Å². The minimum Gasteiger partial charge on any atom is -0.457 e. The van der Waals surface area contributed by atoms with E-state index in [1.807, 2.05) is 18.2 Å². The van der Waals surface area contributed by atoms with E-state index in [2.05, 4.69) is 122 Å². The first kappa shape index (κ1) is 23.7. The Labute approximate surface area is 240 Å². The van der Waals surface area contributed by atoms with Gasteiger partial charge in [0.25, 0.3) is 0 Å². The van der Waals surface area contributed by atoms with E-state index < -0.39 is 0 Å². The fraction of sp³-hybridized carbons (Fsp3) is 0.103. The molecule has 8 rings (SSSR count). The molecule has 41 heavy (non-hydrogen) atoms.